The molecular formula is C11H14N2O4S. The summed E-state index contributed by atoms with van der Waals surface area (Å²) in [6.45, 7) is 1.65. The van der Waals surface area contributed by atoms with Crippen LogP contribution in [-0.2, 0) is 14.8 Å². The van der Waals surface area contributed by atoms with E-state index in [9.17, 15) is 13.2 Å². The molecule has 0 aliphatic carbocycles. The Hall–Kier alpha value is -1.60. The third kappa shape index (κ3) is 1.95. The van der Waals surface area contributed by atoms with Crippen molar-refractivity contribution in [1.29, 1.82) is 0 Å². The SMILES string of the molecule is CNS(=O)(=O)c1ccc2c(c1)N(C)C(=O)C(C)O2. The average Bonchev–Trinajstić information content (AvgIpc) is 2.35. The van der Waals surface area contributed by atoms with Crippen LogP contribution in [0.15, 0.2) is 23.1 Å². The summed E-state index contributed by atoms with van der Waals surface area (Å²) in [6, 6.07) is 4.42. The molecule has 0 aromatic heterocycles. The Labute approximate surface area is 106 Å². The zero-order chi connectivity index (χ0) is 13.5. The molecule has 1 unspecified atom stereocenters. The van der Waals surface area contributed by atoms with E-state index in [1.165, 1.54) is 24.1 Å². The first-order chi connectivity index (χ1) is 8.36. The van der Waals surface area contributed by atoms with Crippen molar-refractivity contribution in [2.24, 2.45) is 0 Å². The van der Waals surface area contributed by atoms with Crippen LogP contribution in [-0.4, -0.2) is 34.5 Å². The van der Waals surface area contributed by atoms with E-state index < -0.39 is 16.1 Å². The Morgan fingerprint density at radius 1 is 1.39 bits per heavy atom. The van der Waals surface area contributed by atoms with Crippen LogP contribution in [0.1, 0.15) is 6.92 Å². The number of amides is 1. The highest BCUT2D eigenvalue weighted by Crippen LogP contribution is 2.34. The average molecular weight is 270 g/mol. The van der Waals surface area contributed by atoms with Gasteiger partial charge in [-0.05, 0) is 32.2 Å². The van der Waals surface area contributed by atoms with Crippen molar-refractivity contribution >= 4 is 21.6 Å². The van der Waals surface area contributed by atoms with Gasteiger partial charge < -0.3 is 9.64 Å². The van der Waals surface area contributed by atoms with Crippen LogP contribution in [0, 0.1) is 0 Å². The minimum absolute atomic E-state index is 0.0987. The van der Waals surface area contributed by atoms with Crippen LogP contribution in [0.3, 0.4) is 0 Å². The first-order valence-corrected chi connectivity index (χ1v) is 6.87. The maximum Gasteiger partial charge on any atom is 0.267 e. The van der Waals surface area contributed by atoms with Gasteiger partial charge >= 0.3 is 0 Å². The second-order valence-corrected chi connectivity index (χ2v) is 5.88. The van der Waals surface area contributed by atoms with Crippen molar-refractivity contribution in [2.45, 2.75) is 17.9 Å². The van der Waals surface area contributed by atoms with E-state index in [1.54, 1.807) is 20.0 Å². The number of hydrogen-bond donors (Lipinski definition) is 1. The number of carbonyl (C=O) groups is 1. The van der Waals surface area contributed by atoms with Gasteiger partial charge in [0.15, 0.2) is 6.10 Å². The summed E-state index contributed by atoms with van der Waals surface area (Å²) < 4.78 is 31.0. The fourth-order valence-corrected chi connectivity index (χ4v) is 2.53. The first-order valence-electron chi connectivity index (χ1n) is 5.38. The van der Waals surface area contributed by atoms with Gasteiger partial charge in [-0.3, -0.25) is 4.79 Å². The highest BCUT2D eigenvalue weighted by molar-refractivity contribution is 7.89. The number of likely N-dealkylation sites (N-methyl/N-ethyl adjacent to an activating group) is 1. The monoisotopic (exact) mass is 270 g/mol. The van der Waals surface area contributed by atoms with E-state index in [0.29, 0.717) is 11.4 Å². The van der Waals surface area contributed by atoms with Gasteiger partial charge in [0.05, 0.1) is 10.6 Å². The lowest BCUT2D eigenvalue weighted by Gasteiger charge is -2.30. The van der Waals surface area contributed by atoms with Gasteiger partial charge in [-0.15, -0.1) is 0 Å². The minimum Gasteiger partial charge on any atom is -0.479 e. The van der Waals surface area contributed by atoms with Crippen LogP contribution in [0.5, 0.6) is 5.75 Å². The quantitative estimate of drug-likeness (QED) is 0.840. The molecule has 1 N–H and O–H groups in total. The summed E-state index contributed by atoms with van der Waals surface area (Å²) in [5, 5.41) is 0. The number of fused-ring (bicyclic) bond motifs is 1. The zero-order valence-electron chi connectivity index (χ0n) is 10.3. The van der Waals surface area contributed by atoms with Gasteiger partial charge in [0, 0.05) is 7.05 Å². The maximum atomic E-state index is 11.8. The predicted octanol–water partition coefficient (Wildman–Crippen LogP) is 0.338. The molecule has 1 aromatic rings. The van der Waals surface area contributed by atoms with Crippen molar-refractivity contribution in [3.63, 3.8) is 0 Å². The molecule has 2 rings (SSSR count). The summed E-state index contributed by atoms with van der Waals surface area (Å²) >= 11 is 0. The maximum absolute atomic E-state index is 11.8. The van der Waals surface area contributed by atoms with Crippen LogP contribution in [0.4, 0.5) is 5.69 Å². The molecule has 1 aromatic carbocycles. The van der Waals surface area contributed by atoms with Crippen molar-refractivity contribution in [3.05, 3.63) is 18.2 Å². The molecule has 0 spiro atoms. The van der Waals surface area contributed by atoms with Crippen LogP contribution >= 0.6 is 0 Å². The molecule has 18 heavy (non-hydrogen) atoms. The molecule has 6 nitrogen and oxygen atoms in total. The van der Waals surface area contributed by atoms with Crippen molar-refractivity contribution < 1.29 is 17.9 Å². The minimum atomic E-state index is -3.53. The number of hydrogen-bond acceptors (Lipinski definition) is 4. The summed E-state index contributed by atoms with van der Waals surface area (Å²) in [6.07, 6.45) is -0.561. The number of sulfonamides is 1. The van der Waals surface area contributed by atoms with Crippen LogP contribution in [0.2, 0.25) is 0 Å². The number of rotatable bonds is 2. The highest BCUT2D eigenvalue weighted by atomic mass is 32.2. The molecule has 0 saturated carbocycles. The Morgan fingerprint density at radius 3 is 2.67 bits per heavy atom. The van der Waals surface area contributed by atoms with Crippen LogP contribution < -0.4 is 14.4 Å². The third-order valence-corrected chi connectivity index (χ3v) is 4.26. The molecule has 1 aliphatic rings. The number of nitrogens with one attached hydrogen (secondary N) is 1. The van der Waals surface area contributed by atoms with E-state index in [1.807, 2.05) is 0 Å². The molecule has 0 bridgehead atoms. The smallest absolute Gasteiger partial charge is 0.267 e. The molecule has 1 heterocycles. The Bertz CT molecular complexity index is 597. The lowest BCUT2D eigenvalue weighted by atomic mass is 10.2. The zero-order valence-corrected chi connectivity index (χ0v) is 11.1. The van der Waals surface area contributed by atoms with Crippen molar-refractivity contribution in [3.8, 4) is 5.75 Å². The Morgan fingerprint density at radius 2 is 2.06 bits per heavy atom. The van der Waals surface area contributed by atoms with E-state index in [0.717, 1.165) is 0 Å². The molecule has 0 radical (unpaired) electrons. The molecule has 0 saturated heterocycles. The molecule has 1 atom stereocenters. The number of benzene rings is 1. The second kappa shape index (κ2) is 4.25. The third-order valence-electron chi connectivity index (χ3n) is 2.85. The van der Waals surface area contributed by atoms with E-state index in [-0.39, 0.29) is 10.8 Å². The van der Waals surface area contributed by atoms with Crippen molar-refractivity contribution in [1.82, 2.24) is 4.72 Å². The topological polar surface area (TPSA) is 75.7 Å². The summed E-state index contributed by atoms with van der Waals surface area (Å²) in [4.78, 5) is 13.3. The standard InChI is InChI=1S/C11H14N2O4S/c1-7-11(14)13(3)9-6-8(18(15,16)12-2)4-5-10(9)17-7/h4-7,12H,1-3H3. The van der Waals surface area contributed by atoms with Gasteiger partial charge in [-0.1, -0.05) is 0 Å². The summed E-state index contributed by atoms with van der Waals surface area (Å²) in [5.41, 5.74) is 0.453. The van der Waals surface area contributed by atoms with Crippen molar-refractivity contribution in [2.75, 3.05) is 19.0 Å². The molecular weight excluding hydrogens is 256 g/mol. The molecule has 7 heteroatoms. The van der Waals surface area contributed by atoms with Gasteiger partial charge in [0.1, 0.15) is 5.75 Å². The number of anilines is 1. The van der Waals surface area contributed by atoms with Gasteiger partial charge in [-0.25, -0.2) is 13.1 Å². The predicted molar refractivity (Wildman–Crippen MR) is 66.2 cm³/mol. The highest BCUT2D eigenvalue weighted by Gasteiger charge is 2.29. The van der Waals surface area contributed by atoms with Gasteiger partial charge in [0.25, 0.3) is 5.91 Å². The van der Waals surface area contributed by atoms with Gasteiger partial charge in [-0.2, -0.15) is 0 Å². The summed E-state index contributed by atoms with van der Waals surface area (Å²) in [5.74, 6) is 0.293. The fraction of sp³-hybridized carbons (Fsp3) is 0.364. The number of ether oxygens (including phenoxy) is 1. The Balaban J connectivity index is 2.54. The molecule has 0 fully saturated rings. The molecule has 98 valence electrons. The Kier molecular flexibility index (Phi) is 3.04. The summed E-state index contributed by atoms with van der Waals surface area (Å²) in [7, 11) is -0.601. The lowest BCUT2D eigenvalue weighted by molar-refractivity contribution is -0.125. The number of nitrogens with zero attached hydrogens (tertiary/aromatic N) is 1. The largest absolute Gasteiger partial charge is 0.479 e. The van der Waals surface area contributed by atoms with E-state index >= 15 is 0 Å². The fourth-order valence-electron chi connectivity index (χ4n) is 1.78. The van der Waals surface area contributed by atoms with E-state index in [4.69, 9.17) is 4.74 Å². The first kappa shape index (κ1) is 12.8. The molecule has 1 amide bonds. The normalized spacial score (nSPS) is 19.4. The van der Waals surface area contributed by atoms with E-state index in [2.05, 4.69) is 4.72 Å². The molecule has 1 aliphatic heterocycles. The second-order valence-electron chi connectivity index (χ2n) is 3.99. The van der Waals surface area contributed by atoms with Gasteiger partial charge in [0.2, 0.25) is 10.0 Å². The number of carbonyl (C=O) groups excluding carboxylic acids is 1. The van der Waals surface area contributed by atoms with Crippen LogP contribution in [0.25, 0.3) is 0 Å². The lowest BCUT2D eigenvalue weighted by Crippen LogP contribution is -2.42.